The van der Waals surface area contributed by atoms with Crippen LogP contribution in [0.4, 0.5) is 0 Å². The van der Waals surface area contributed by atoms with Crippen LogP contribution in [0.5, 0.6) is 5.75 Å². The molecule has 7 nitrogen and oxygen atoms in total. The molecule has 2 fully saturated rings. The Hall–Kier alpha value is -2.57. The van der Waals surface area contributed by atoms with E-state index in [1.54, 1.807) is 25.1 Å². The molecule has 0 atom stereocenters. The molecule has 1 aromatic carbocycles. The van der Waals surface area contributed by atoms with Gasteiger partial charge in [-0.1, -0.05) is 12.1 Å². The molecule has 1 saturated heterocycles. The second-order valence-electron chi connectivity index (χ2n) is 6.86. The summed E-state index contributed by atoms with van der Waals surface area (Å²) in [6.45, 7) is 2.73. The number of carbonyl (C=O) groups is 3. The second kappa shape index (κ2) is 7.76. The number of carbonyl (C=O) groups excluding carboxylic acids is 2. The first-order chi connectivity index (χ1) is 12.5. The average molecular weight is 360 g/mol. The third-order valence-electron chi connectivity index (χ3n) is 5.00. The van der Waals surface area contributed by atoms with Crippen LogP contribution in [0.15, 0.2) is 24.3 Å². The molecule has 140 valence electrons. The predicted octanol–water partition coefficient (Wildman–Crippen LogP) is 1.77. The molecule has 2 aliphatic rings. The van der Waals surface area contributed by atoms with Crippen molar-refractivity contribution in [1.29, 1.82) is 0 Å². The third-order valence-corrected chi connectivity index (χ3v) is 5.00. The number of carboxylic acids is 1. The summed E-state index contributed by atoms with van der Waals surface area (Å²) in [6, 6.07) is 6.68. The van der Waals surface area contributed by atoms with Crippen molar-refractivity contribution < 1.29 is 24.2 Å². The van der Waals surface area contributed by atoms with Crippen molar-refractivity contribution in [2.75, 3.05) is 19.7 Å². The minimum atomic E-state index is -1.08. The van der Waals surface area contributed by atoms with E-state index in [9.17, 15) is 19.5 Å². The molecule has 1 aliphatic carbocycles. The SMILES string of the molecule is CC(=O)N1CCC(N(C(=O)COc2ccccc2C(=O)O)C2CC2)CC1. The summed E-state index contributed by atoms with van der Waals surface area (Å²) in [4.78, 5) is 39.2. The van der Waals surface area contributed by atoms with Crippen molar-refractivity contribution >= 4 is 17.8 Å². The predicted molar refractivity (Wildman–Crippen MR) is 94.0 cm³/mol. The van der Waals surface area contributed by atoms with E-state index >= 15 is 0 Å². The maximum absolute atomic E-state index is 12.8. The van der Waals surface area contributed by atoms with Gasteiger partial charge in [-0.15, -0.1) is 0 Å². The van der Waals surface area contributed by atoms with Gasteiger partial charge >= 0.3 is 5.97 Å². The number of para-hydroxylation sites is 1. The number of carboxylic acid groups (broad SMARTS) is 1. The fraction of sp³-hybridized carbons (Fsp3) is 0.526. The van der Waals surface area contributed by atoms with Crippen LogP contribution in [0, 0.1) is 0 Å². The van der Waals surface area contributed by atoms with E-state index in [0.29, 0.717) is 13.1 Å². The quantitative estimate of drug-likeness (QED) is 0.835. The van der Waals surface area contributed by atoms with Gasteiger partial charge < -0.3 is 19.6 Å². The summed E-state index contributed by atoms with van der Waals surface area (Å²) >= 11 is 0. The summed E-state index contributed by atoms with van der Waals surface area (Å²) in [5.74, 6) is -0.922. The Kier molecular flexibility index (Phi) is 5.44. The zero-order chi connectivity index (χ0) is 18.7. The molecule has 26 heavy (non-hydrogen) atoms. The lowest BCUT2D eigenvalue weighted by Crippen LogP contribution is -2.50. The lowest BCUT2D eigenvalue weighted by molar-refractivity contribution is -0.138. The molecular weight excluding hydrogens is 336 g/mol. The fourth-order valence-electron chi connectivity index (χ4n) is 3.50. The minimum absolute atomic E-state index is 0.0491. The van der Waals surface area contributed by atoms with Crippen LogP contribution in [0.2, 0.25) is 0 Å². The van der Waals surface area contributed by atoms with Crippen LogP contribution in [-0.2, 0) is 9.59 Å². The number of benzene rings is 1. The highest BCUT2D eigenvalue weighted by molar-refractivity contribution is 5.91. The first-order valence-corrected chi connectivity index (χ1v) is 8.99. The van der Waals surface area contributed by atoms with Gasteiger partial charge in [-0.3, -0.25) is 9.59 Å². The molecule has 0 aromatic heterocycles. The maximum atomic E-state index is 12.8. The van der Waals surface area contributed by atoms with Crippen LogP contribution in [0.25, 0.3) is 0 Å². The number of hydrogen-bond acceptors (Lipinski definition) is 4. The van der Waals surface area contributed by atoms with E-state index < -0.39 is 5.97 Å². The molecule has 1 saturated carbocycles. The van der Waals surface area contributed by atoms with E-state index in [4.69, 9.17) is 4.74 Å². The summed E-state index contributed by atoms with van der Waals surface area (Å²) in [5, 5.41) is 9.20. The number of piperidine rings is 1. The highest BCUT2D eigenvalue weighted by atomic mass is 16.5. The van der Waals surface area contributed by atoms with E-state index in [1.807, 2.05) is 9.80 Å². The normalized spacial score (nSPS) is 17.7. The number of likely N-dealkylation sites (tertiary alicyclic amines) is 1. The molecule has 0 bridgehead atoms. The average Bonchev–Trinajstić information content (AvgIpc) is 3.45. The Bertz CT molecular complexity index is 693. The number of rotatable bonds is 6. The highest BCUT2D eigenvalue weighted by Gasteiger charge is 2.39. The first-order valence-electron chi connectivity index (χ1n) is 8.99. The lowest BCUT2D eigenvalue weighted by Gasteiger charge is -2.38. The number of aromatic carboxylic acids is 1. The summed E-state index contributed by atoms with van der Waals surface area (Å²) in [5.41, 5.74) is 0.0491. The van der Waals surface area contributed by atoms with E-state index in [-0.39, 0.29) is 41.8 Å². The van der Waals surface area contributed by atoms with Crippen LogP contribution in [0.3, 0.4) is 0 Å². The van der Waals surface area contributed by atoms with Crippen LogP contribution in [-0.4, -0.2) is 64.5 Å². The van der Waals surface area contributed by atoms with Crippen molar-refractivity contribution in [3.8, 4) is 5.75 Å². The summed E-state index contributed by atoms with van der Waals surface area (Å²) < 4.78 is 5.53. The van der Waals surface area contributed by atoms with Gasteiger partial charge in [-0.25, -0.2) is 4.79 Å². The van der Waals surface area contributed by atoms with E-state index in [2.05, 4.69) is 0 Å². The van der Waals surface area contributed by atoms with Gasteiger partial charge in [0.15, 0.2) is 6.61 Å². The van der Waals surface area contributed by atoms with Crippen molar-refractivity contribution in [3.05, 3.63) is 29.8 Å². The Labute approximate surface area is 152 Å². The number of nitrogens with zero attached hydrogens (tertiary/aromatic N) is 2. The topological polar surface area (TPSA) is 87.2 Å². The maximum Gasteiger partial charge on any atom is 0.339 e. The largest absolute Gasteiger partial charge is 0.483 e. The van der Waals surface area contributed by atoms with Crippen molar-refractivity contribution in [2.24, 2.45) is 0 Å². The van der Waals surface area contributed by atoms with Gasteiger partial charge in [0.2, 0.25) is 5.91 Å². The molecular formula is C19H24N2O5. The number of ether oxygens (including phenoxy) is 1. The van der Waals surface area contributed by atoms with Crippen molar-refractivity contribution in [1.82, 2.24) is 9.80 Å². The molecule has 3 rings (SSSR count). The Morgan fingerprint density at radius 3 is 2.31 bits per heavy atom. The Balaban J connectivity index is 1.62. The van der Waals surface area contributed by atoms with Crippen LogP contribution in [0.1, 0.15) is 43.0 Å². The molecule has 7 heteroatoms. The fourth-order valence-corrected chi connectivity index (χ4v) is 3.50. The lowest BCUT2D eigenvalue weighted by atomic mass is 10.0. The molecule has 2 amide bonds. The zero-order valence-corrected chi connectivity index (χ0v) is 14.9. The molecule has 0 spiro atoms. The Morgan fingerprint density at radius 1 is 1.12 bits per heavy atom. The van der Waals surface area contributed by atoms with Crippen LogP contribution < -0.4 is 4.74 Å². The highest BCUT2D eigenvalue weighted by Crippen LogP contribution is 2.32. The zero-order valence-electron chi connectivity index (χ0n) is 14.9. The van der Waals surface area contributed by atoms with Crippen molar-refractivity contribution in [3.63, 3.8) is 0 Å². The Morgan fingerprint density at radius 2 is 1.73 bits per heavy atom. The number of hydrogen-bond donors (Lipinski definition) is 1. The number of amides is 2. The molecule has 1 aromatic rings. The van der Waals surface area contributed by atoms with Gasteiger partial charge in [-0.05, 0) is 37.8 Å². The van der Waals surface area contributed by atoms with Gasteiger partial charge in [0.1, 0.15) is 11.3 Å². The van der Waals surface area contributed by atoms with E-state index in [0.717, 1.165) is 25.7 Å². The van der Waals surface area contributed by atoms with Gasteiger partial charge in [0.05, 0.1) is 0 Å². The van der Waals surface area contributed by atoms with Gasteiger partial charge in [-0.2, -0.15) is 0 Å². The first kappa shape index (κ1) is 18.2. The van der Waals surface area contributed by atoms with Gasteiger partial charge in [0.25, 0.3) is 5.91 Å². The molecule has 0 radical (unpaired) electrons. The smallest absolute Gasteiger partial charge is 0.339 e. The summed E-state index contributed by atoms with van der Waals surface area (Å²) in [6.07, 6.45) is 3.52. The monoisotopic (exact) mass is 360 g/mol. The minimum Gasteiger partial charge on any atom is -0.483 e. The second-order valence-corrected chi connectivity index (χ2v) is 6.86. The summed E-state index contributed by atoms with van der Waals surface area (Å²) in [7, 11) is 0. The van der Waals surface area contributed by atoms with Crippen LogP contribution >= 0.6 is 0 Å². The molecule has 1 aliphatic heterocycles. The van der Waals surface area contributed by atoms with Crippen molar-refractivity contribution in [2.45, 2.75) is 44.7 Å². The molecule has 0 unspecified atom stereocenters. The standard InChI is InChI=1S/C19H24N2O5/c1-13(22)20-10-8-15(9-11-20)21(14-6-7-14)18(23)12-26-17-5-3-2-4-16(17)19(24)25/h2-5,14-15H,6-12H2,1H3,(H,24,25). The van der Waals surface area contributed by atoms with E-state index in [1.165, 1.54) is 6.07 Å². The van der Waals surface area contributed by atoms with Gasteiger partial charge in [0, 0.05) is 32.1 Å². The third kappa shape index (κ3) is 4.15. The molecule has 1 heterocycles. The molecule has 1 N–H and O–H groups in total.